The predicted molar refractivity (Wildman–Crippen MR) is 97.1 cm³/mol. The fourth-order valence-electron chi connectivity index (χ4n) is 2.51. The minimum atomic E-state index is 0.691. The molecule has 1 heteroatoms. The fraction of sp³-hybridized carbons (Fsp3) is 0.333. The summed E-state index contributed by atoms with van der Waals surface area (Å²) in [6.07, 6.45) is 5.69. The van der Waals surface area contributed by atoms with Crippen molar-refractivity contribution in [1.82, 2.24) is 0 Å². The zero-order chi connectivity index (χ0) is 15.8. The Hall–Kier alpha value is -2.02. The van der Waals surface area contributed by atoms with Gasteiger partial charge in [-0.3, -0.25) is 0 Å². The Labute approximate surface area is 135 Å². The molecule has 0 heterocycles. The summed E-state index contributed by atoms with van der Waals surface area (Å²) in [6.45, 7) is 4.54. The highest BCUT2D eigenvalue weighted by molar-refractivity contribution is 5.51. The Kier molecular flexibility index (Phi) is 6.27. The van der Waals surface area contributed by atoms with E-state index in [-0.39, 0.29) is 0 Å². The zero-order valence-electron chi connectivity index (χ0n) is 14.0. The van der Waals surface area contributed by atoms with Crippen LogP contribution in [0.4, 0.5) is 5.69 Å². The van der Waals surface area contributed by atoms with E-state index >= 15 is 0 Å². The van der Waals surface area contributed by atoms with Gasteiger partial charge in [0.15, 0.2) is 0 Å². The molecule has 116 valence electrons. The maximum Gasteiger partial charge on any atom is 0.0405 e. The first-order valence-electron chi connectivity index (χ1n) is 8.18. The zero-order valence-corrected chi connectivity index (χ0v) is 14.0. The Morgan fingerprint density at radius 2 is 1.55 bits per heavy atom. The maximum absolute atomic E-state index is 2.40. The van der Waals surface area contributed by atoms with Crippen molar-refractivity contribution in [3.63, 3.8) is 0 Å². The van der Waals surface area contributed by atoms with Gasteiger partial charge in [0.2, 0.25) is 0 Å². The molecular formula is C21H27N. The average molecular weight is 293 g/mol. The smallest absolute Gasteiger partial charge is 0.0405 e. The monoisotopic (exact) mass is 293 g/mol. The van der Waals surface area contributed by atoms with Crippen molar-refractivity contribution >= 4 is 5.69 Å². The van der Waals surface area contributed by atoms with Crippen LogP contribution in [0.15, 0.2) is 72.4 Å². The minimum absolute atomic E-state index is 0.691. The van der Waals surface area contributed by atoms with Crippen LogP contribution in [-0.2, 0) is 6.42 Å². The summed E-state index contributed by atoms with van der Waals surface area (Å²) in [6, 6.07) is 21.4. The lowest BCUT2D eigenvalue weighted by Gasteiger charge is -2.24. The van der Waals surface area contributed by atoms with Crippen LogP contribution >= 0.6 is 0 Å². The lowest BCUT2D eigenvalue weighted by Crippen LogP contribution is -2.17. The third-order valence-electron chi connectivity index (χ3n) is 3.91. The molecule has 0 fully saturated rings. The molecule has 0 aliphatic heterocycles. The second-order valence-corrected chi connectivity index (χ2v) is 6.21. The van der Waals surface area contributed by atoms with Gasteiger partial charge in [-0.15, -0.1) is 0 Å². The van der Waals surface area contributed by atoms with E-state index in [0.29, 0.717) is 5.92 Å². The summed E-state index contributed by atoms with van der Waals surface area (Å²) in [5.74, 6) is 0.691. The standard InChI is InChI=1S/C21H27N/c1-18(2)14-16-21(17-15-19-10-6-4-7-11-19)22(3)20-12-8-5-9-13-20/h4-13,16,18H,14-15,17H2,1-3H3/b21-16-. The molecule has 0 saturated heterocycles. The van der Waals surface area contributed by atoms with E-state index in [4.69, 9.17) is 0 Å². The molecule has 0 aliphatic carbocycles. The highest BCUT2D eigenvalue weighted by atomic mass is 15.1. The highest BCUT2D eigenvalue weighted by Gasteiger charge is 2.07. The van der Waals surface area contributed by atoms with E-state index in [1.807, 2.05) is 0 Å². The van der Waals surface area contributed by atoms with Crippen molar-refractivity contribution in [2.45, 2.75) is 33.1 Å². The quantitative estimate of drug-likeness (QED) is 0.634. The van der Waals surface area contributed by atoms with Crippen molar-refractivity contribution in [3.8, 4) is 0 Å². The summed E-state index contributed by atoms with van der Waals surface area (Å²) in [4.78, 5) is 2.32. The van der Waals surface area contributed by atoms with E-state index in [9.17, 15) is 0 Å². The van der Waals surface area contributed by atoms with Gasteiger partial charge in [-0.05, 0) is 42.9 Å². The first-order valence-corrected chi connectivity index (χ1v) is 8.18. The SMILES string of the molecule is CC(C)C/C=C(/CCc1ccccc1)N(C)c1ccccc1. The lowest BCUT2D eigenvalue weighted by molar-refractivity contribution is 0.657. The Morgan fingerprint density at radius 3 is 2.14 bits per heavy atom. The van der Waals surface area contributed by atoms with Crippen LogP contribution in [0.25, 0.3) is 0 Å². The predicted octanol–water partition coefficient (Wildman–Crippen LogP) is 5.69. The number of hydrogen-bond donors (Lipinski definition) is 0. The molecule has 0 aromatic heterocycles. The Morgan fingerprint density at radius 1 is 0.955 bits per heavy atom. The maximum atomic E-state index is 2.40. The van der Waals surface area contributed by atoms with E-state index < -0.39 is 0 Å². The molecule has 2 rings (SSSR count). The molecule has 1 nitrogen and oxygen atoms in total. The molecule has 0 saturated carbocycles. The van der Waals surface area contributed by atoms with Crippen LogP contribution in [0.5, 0.6) is 0 Å². The van der Waals surface area contributed by atoms with Gasteiger partial charge in [0.05, 0.1) is 0 Å². The average Bonchev–Trinajstić information content (AvgIpc) is 2.56. The van der Waals surface area contributed by atoms with Crippen molar-refractivity contribution in [1.29, 1.82) is 0 Å². The summed E-state index contributed by atoms with van der Waals surface area (Å²) in [5, 5.41) is 0. The van der Waals surface area contributed by atoms with Crippen molar-refractivity contribution in [2.24, 2.45) is 5.92 Å². The van der Waals surface area contributed by atoms with Gasteiger partial charge in [0.1, 0.15) is 0 Å². The Balaban J connectivity index is 2.10. The molecule has 0 aliphatic rings. The van der Waals surface area contributed by atoms with Crippen LogP contribution in [0.2, 0.25) is 0 Å². The van der Waals surface area contributed by atoms with E-state index in [0.717, 1.165) is 19.3 Å². The van der Waals surface area contributed by atoms with Gasteiger partial charge >= 0.3 is 0 Å². The van der Waals surface area contributed by atoms with Crippen LogP contribution in [-0.4, -0.2) is 7.05 Å². The fourth-order valence-corrected chi connectivity index (χ4v) is 2.51. The second kappa shape index (κ2) is 8.43. The lowest BCUT2D eigenvalue weighted by atomic mass is 10.0. The third-order valence-corrected chi connectivity index (χ3v) is 3.91. The number of para-hydroxylation sites is 1. The first kappa shape index (κ1) is 16.4. The molecule has 0 unspecified atom stereocenters. The number of nitrogens with zero attached hydrogens (tertiary/aromatic N) is 1. The highest BCUT2D eigenvalue weighted by Crippen LogP contribution is 2.21. The van der Waals surface area contributed by atoms with Crippen LogP contribution in [0.3, 0.4) is 0 Å². The number of benzene rings is 2. The summed E-state index contributed by atoms with van der Waals surface area (Å²) < 4.78 is 0. The molecule has 2 aromatic rings. The molecule has 0 amide bonds. The third kappa shape index (κ3) is 5.07. The molecule has 2 aromatic carbocycles. The van der Waals surface area contributed by atoms with Gasteiger partial charge in [-0.1, -0.05) is 68.5 Å². The van der Waals surface area contributed by atoms with Crippen LogP contribution < -0.4 is 4.90 Å². The van der Waals surface area contributed by atoms with Gasteiger partial charge in [-0.25, -0.2) is 0 Å². The normalized spacial score (nSPS) is 11.7. The second-order valence-electron chi connectivity index (χ2n) is 6.21. The number of rotatable bonds is 7. The van der Waals surface area contributed by atoms with Crippen molar-refractivity contribution in [3.05, 3.63) is 78.0 Å². The van der Waals surface area contributed by atoms with Gasteiger partial charge in [-0.2, -0.15) is 0 Å². The van der Waals surface area contributed by atoms with Gasteiger partial charge < -0.3 is 4.90 Å². The van der Waals surface area contributed by atoms with Crippen LogP contribution in [0.1, 0.15) is 32.3 Å². The molecule has 0 radical (unpaired) electrons. The molecule has 22 heavy (non-hydrogen) atoms. The van der Waals surface area contributed by atoms with Crippen molar-refractivity contribution in [2.75, 3.05) is 11.9 Å². The topological polar surface area (TPSA) is 3.24 Å². The van der Waals surface area contributed by atoms with Gasteiger partial charge in [0.25, 0.3) is 0 Å². The van der Waals surface area contributed by atoms with E-state index in [2.05, 4.69) is 92.5 Å². The van der Waals surface area contributed by atoms with Crippen molar-refractivity contribution < 1.29 is 0 Å². The molecule has 0 N–H and O–H groups in total. The number of anilines is 1. The van der Waals surface area contributed by atoms with Gasteiger partial charge in [0, 0.05) is 18.4 Å². The minimum Gasteiger partial charge on any atom is -0.348 e. The van der Waals surface area contributed by atoms with E-state index in [1.165, 1.54) is 16.9 Å². The molecule has 0 atom stereocenters. The summed E-state index contributed by atoms with van der Waals surface area (Å²) >= 11 is 0. The molecule has 0 spiro atoms. The molecule has 0 bridgehead atoms. The van der Waals surface area contributed by atoms with E-state index in [1.54, 1.807) is 0 Å². The number of aryl methyl sites for hydroxylation is 1. The summed E-state index contributed by atoms with van der Waals surface area (Å²) in [7, 11) is 2.17. The number of hydrogen-bond acceptors (Lipinski definition) is 1. The molecular weight excluding hydrogens is 266 g/mol. The van der Waals surface area contributed by atoms with Crippen LogP contribution in [0, 0.1) is 5.92 Å². The summed E-state index contributed by atoms with van der Waals surface area (Å²) in [5.41, 5.74) is 4.06. The Bertz CT molecular complexity index is 569. The number of allylic oxidation sites excluding steroid dienone is 2. The first-order chi connectivity index (χ1) is 10.7. The largest absolute Gasteiger partial charge is 0.348 e.